The SMILES string of the molecule is CC(CN1CCOCC1)NC(=O)C(C)(C)N. The van der Waals surface area contributed by atoms with Crippen LogP contribution in [0.4, 0.5) is 0 Å². The summed E-state index contributed by atoms with van der Waals surface area (Å²) in [5, 5.41) is 2.92. The van der Waals surface area contributed by atoms with Crippen LogP contribution >= 0.6 is 0 Å². The van der Waals surface area contributed by atoms with Gasteiger partial charge in [-0.15, -0.1) is 0 Å². The Balaban J connectivity index is 2.29. The van der Waals surface area contributed by atoms with Crippen molar-refractivity contribution in [3.05, 3.63) is 0 Å². The predicted molar refractivity (Wildman–Crippen MR) is 63.1 cm³/mol. The fourth-order valence-electron chi connectivity index (χ4n) is 1.63. The summed E-state index contributed by atoms with van der Waals surface area (Å²) in [5.74, 6) is -0.103. The summed E-state index contributed by atoms with van der Waals surface area (Å²) in [7, 11) is 0. The summed E-state index contributed by atoms with van der Waals surface area (Å²) < 4.78 is 5.27. The van der Waals surface area contributed by atoms with Crippen molar-refractivity contribution in [3.8, 4) is 0 Å². The number of rotatable bonds is 4. The molecule has 1 saturated heterocycles. The standard InChI is InChI=1S/C11H23N3O2/c1-9(13-10(15)11(2,3)12)8-14-4-6-16-7-5-14/h9H,4-8,12H2,1-3H3,(H,13,15). The number of morpholine rings is 1. The average Bonchev–Trinajstić information content (AvgIpc) is 2.17. The lowest BCUT2D eigenvalue weighted by Gasteiger charge is -2.30. The van der Waals surface area contributed by atoms with E-state index in [2.05, 4.69) is 10.2 Å². The molecule has 0 aromatic carbocycles. The molecule has 1 amide bonds. The van der Waals surface area contributed by atoms with Gasteiger partial charge in [-0.25, -0.2) is 0 Å². The van der Waals surface area contributed by atoms with Crippen molar-refractivity contribution in [1.29, 1.82) is 0 Å². The number of hydrogen-bond donors (Lipinski definition) is 2. The van der Waals surface area contributed by atoms with Gasteiger partial charge in [0.1, 0.15) is 0 Å². The second kappa shape index (κ2) is 5.61. The normalized spacial score (nSPS) is 20.5. The number of nitrogens with one attached hydrogen (secondary N) is 1. The first kappa shape index (κ1) is 13.4. The minimum absolute atomic E-state index is 0.103. The third kappa shape index (κ3) is 4.47. The van der Waals surface area contributed by atoms with E-state index in [1.165, 1.54) is 0 Å². The first-order valence-electron chi connectivity index (χ1n) is 5.79. The molecular weight excluding hydrogens is 206 g/mol. The molecule has 1 rings (SSSR count). The van der Waals surface area contributed by atoms with Gasteiger partial charge in [0, 0.05) is 25.7 Å². The number of carbonyl (C=O) groups excluding carboxylic acids is 1. The average molecular weight is 229 g/mol. The van der Waals surface area contributed by atoms with Crippen molar-refractivity contribution in [2.75, 3.05) is 32.8 Å². The Bertz CT molecular complexity index is 232. The van der Waals surface area contributed by atoms with E-state index in [1.807, 2.05) is 6.92 Å². The first-order valence-corrected chi connectivity index (χ1v) is 5.79. The molecular formula is C11H23N3O2. The van der Waals surface area contributed by atoms with Gasteiger partial charge in [-0.3, -0.25) is 9.69 Å². The van der Waals surface area contributed by atoms with E-state index in [9.17, 15) is 4.79 Å². The maximum absolute atomic E-state index is 11.6. The molecule has 0 saturated carbocycles. The third-order valence-electron chi connectivity index (χ3n) is 2.60. The fraction of sp³-hybridized carbons (Fsp3) is 0.909. The smallest absolute Gasteiger partial charge is 0.239 e. The minimum atomic E-state index is -0.806. The summed E-state index contributed by atoms with van der Waals surface area (Å²) in [6.07, 6.45) is 0. The van der Waals surface area contributed by atoms with Crippen molar-refractivity contribution in [2.45, 2.75) is 32.4 Å². The summed E-state index contributed by atoms with van der Waals surface area (Å²) in [5.41, 5.74) is 4.91. The summed E-state index contributed by atoms with van der Waals surface area (Å²) in [6, 6.07) is 0.119. The van der Waals surface area contributed by atoms with Crippen molar-refractivity contribution in [3.63, 3.8) is 0 Å². The Morgan fingerprint density at radius 1 is 1.50 bits per heavy atom. The van der Waals surface area contributed by atoms with Gasteiger partial charge < -0.3 is 15.8 Å². The highest BCUT2D eigenvalue weighted by molar-refractivity contribution is 5.85. The quantitative estimate of drug-likeness (QED) is 0.686. The molecule has 5 nitrogen and oxygen atoms in total. The molecule has 3 N–H and O–H groups in total. The second-order valence-electron chi connectivity index (χ2n) is 5.01. The highest BCUT2D eigenvalue weighted by Crippen LogP contribution is 2.01. The zero-order chi connectivity index (χ0) is 12.2. The van der Waals surface area contributed by atoms with E-state index in [1.54, 1.807) is 13.8 Å². The predicted octanol–water partition coefficient (Wildman–Crippen LogP) is -0.439. The number of nitrogens with zero attached hydrogens (tertiary/aromatic N) is 1. The number of carbonyl (C=O) groups is 1. The lowest BCUT2D eigenvalue weighted by molar-refractivity contribution is -0.126. The molecule has 5 heteroatoms. The van der Waals surface area contributed by atoms with Crippen LogP contribution in [0.1, 0.15) is 20.8 Å². The fourth-order valence-corrected chi connectivity index (χ4v) is 1.63. The number of hydrogen-bond acceptors (Lipinski definition) is 4. The molecule has 0 aromatic heterocycles. The van der Waals surface area contributed by atoms with Gasteiger partial charge in [0.25, 0.3) is 0 Å². The van der Waals surface area contributed by atoms with Crippen LogP contribution in [0.5, 0.6) is 0 Å². The van der Waals surface area contributed by atoms with Gasteiger partial charge in [0.05, 0.1) is 18.8 Å². The molecule has 1 atom stereocenters. The van der Waals surface area contributed by atoms with Crippen molar-refractivity contribution in [1.82, 2.24) is 10.2 Å². The molecule has 1 unspecified atom stereocenters. The molecule has 1 aliphatic heterocycles. The van der Waals surface area contributed by atoms with E-state index >= 15 is 0 Å². The Kier molecular flexibility index (Phi) is 4.70. The van der Waals surface area contributed by atoms with E-state index in [0.717, 1.165) is 32.8 Å². The number of amides is 1. The van der Waals surface area contributed by atoms with Gasteiger partial charge >= 0.3 is 0 Å². The van der Waals surface area contributed by atoms with Gasteiger partial charge in [-0.1, -0.05) is 0 Å². The van der Waals surface area contributed by atoms with Gasteiger partial charge in [-0.05, 0) is 20.8 Å². The molecule has 1 heterocycles. The molecule has 0 spiro atoms. The van der Waals surface area contributed by atoms with Crippen LogP contribution in [-0.4, -0.2) is 55.2 Å². The van der Waals surface area contributed by atoms with Crippen LogP contribution in [0.3, 0.4) is 0 Å². The monoisotopic (exact) mass is 229 g/mol. The van der Waals surface area contributed by atoms with E-state index in [-0.39, 0.29) is 11.9 Å². The van der Waals surface area contributed by atoms with Crippen molar-refractivity contribution < 1.29 is 9.53 Å². The zero-order valence-electron chi connectivity index (χ0n) is 10.5. The van der Waals surface area contributed by atoms with E-state index in [4.69, 9.17) is 10.5 Å². The van der Waals surface area contributed by atoms with Crippen LogP contribution in [-0.2, 0) is 9.53 Å². The largest absolute Gasteiger partial charge is 0.379 e. The molecule has 0 bridgehead atoms. The Labute approximate surface area is 97.3 Å². The van der Waals surface area contributed by atoms with Crippen molar-refractivity contribution >= 4 is 5.91 Å². The van der Waals surface area contributed by atoms with Gasteiger partial charge in [0.15, 0.2) is 0 Å². The van der Waals surface area contributed by atoms with Crippen LogP contribution in [0.15, 0.2) is 0 Å². The lowest BCUT2D eigenvalue weighted by atomic mass is 10.1. The van der Waals surface area contributed by atoms with Crippen LogP contribution in [0.25, 0.3) is 0 Å². The van der Waals surface area contributed by atoms with Crippen molar-refractivity contribution in [2.24, 2.45) is 5.73 Å². The maximum Gasteiger partial charge on any atom is 0.239 e. The summed E-state index contributed by atoms with van der Waals surface area (Å²) in [4.78, 5) is 13.9. The lowest BCUT2D eigenvalue weighted by Crippen LogP contribution is -2.54. The molecule has 0 aromatic rings. The Morgan fingerprint density at radius 2 is 2.06 bits per heavy atom. The Hall–Kier alpha value is -0.650. The molecule has 1 aliphatic rings. The third-order valence-corrected chi connectivity index (χ3v) is 2.60. The molecule has 0 aliphatic carbocycles. The second-order valence-corrected chi connectivity index (χ2v) is 5.01. The summed E-state index contributed by atoms with van der Waals surface area (Å²) >= 11 is 0. The van der Waals surface area contributed by atoms with E-state index in [0.29, 0.717) is 0 Å². The maximum atomic E-state index is 11.6. The highest BCUT2D eigenvalue weighted by atomic mass is 16.5. The molecule has 1 fully saturated rings. The van der Waals surface area contributed by atoms with Gasteiger partial charge in [0.2, 0.25) is 5.91 Å². The van der Waals surface area contributed by atoms with Crippen LogP contribution < -0.4 is 11.1 Å². The minimum Gasteiger partial charge on any atom is -0.379 e. The molecule has 94 valence electrons. The summed E-state index contributed by atoms with van der Waals surface area (Å²) in [6.45, 7) is 9.71. The molecule has 0 radical (unpaired) electrons. The zero-order valence-corrected chi connectivity index (χ0v) is 10.5. The molecule has 16 heavy (non-hydrogen) atoms. The van der Waals surface area contributed by atoms with Crippen LogP contribution in [0, 0.1) is 0 Å². The number of nitrogens with two attached hydrogens (primary N) is 1. The van der Waals surface area contributed by atoms with E-state index < -0.39 is 5.54 Å². The Morgan fingerprint density at radius 3 is 2.56 bits per heavy atom. The highest BCUT2D eigenvalue weighted by Gasteiger charge is 2.24. The topological polar surface area (TPSA) is 67.6 Å². The van der Waals surface area contributed by atoms with Gasteiger partial charge in [-0.2, -0.15) is 0 Å². The first-order chi connectivity index (χ1) is 7.39. The van der Waals surface area contributed by atoms with Crippen LogP contribution in [0.2, 0.25) is 0 Å². The number of ether oxygens (including phenoxy) is 1.